The lowest BCUT2D eigenvalue weighted by Crippen LogP contribution is -1.94. The third kappa shape index (κ3) is 2.69. The molecule has 1 aromatic heterocycles. The molecule has 1 heterocycles. The Balaban J connectivity index is 2.36. The Morgan fingerprint density at radius 1 is 1.50 bits per heavy atom. The van der Waals surface area contributed by atoms with Crippen LogP contribution in [0.4, 0.5) is 0 Å². The summed E-state index contributed by atoms with van der Waals surface area (Å²) in [5.41, 5.74) is 0.703. The molecule has 0 radical (unpaired) electrons. The maximum Gasteiger partial charge on any atom is 0.174 e. The summed E-state index contributed by atoms with van der Waals surface area (Å²) in [6.07, 6.45) is 1.51. The van der Waals surface area contributed by atoms with Gasteiger partial charge in [0.2, 0.25) is 0 Å². The SMILES string of the molecule is CC(=O)c1cc(Br)ccc1Sc1ncns1. The molecule has 0 aliphatic carbocycles. The molecule has 0 saturated carbocycles. The van der Waals surface area contributed by atoms with Crippen molar-refractivity contribution in [2.24, 2.45) is 0 Å². The van der Waals surface area contributed by atoms with Gasteiger partial charge in [0.1, 0.15) is 6.33 Å². The van der Waals surface area contributed by atoms with E-state index in [0.717, 1.165) is 13.7 Å². The predicted octanol–water partition coefficient (Wildman–Crippen LogP) is 3.65. The van der Waals surface area contributed by atoms with Crippen molar-refractivity contribution >= 4 is 45.0 Å². The lowest BCUT2D eigenvalue weighted by atomic mass is 10.1. The van der Waals surface area contributed by atoms with Crippen LogP contribution in [0.25, 0.3) is 0 Å². The van der Waals surface area contributed by atoms with Gasteiger partial charge in [0.05, 0.1) is 0 Å². The summed E-state index contributed by atoms with van der Waals surface area (Å²) >= 11 is 6.14. The minimum Gasteiger partial charge on any atom is -0.294 e. The zero-order valence-electron chi connectivity index (χ0n) is 8.31. The van der Waals surface area contributed by atoms with E-state index >= 15 is 0 Å². The van der Waals surface area contributed by atoms with Crippen LogP contribution in [0, 0.1) is 0 Å². The molecule has 0 amide bonds. The largest absolute Gasteiger partial charge is 0.294 e. The number of hydrogen-bond donors (Lipinski definition) is 0. The van der Waals surface area contributed by atoms with E-state index in [-0.39, 0.29) is 5.78 Å². The molecule has 3 nitrogen and oxygen atoms in total. The van der Waals surface area contributed by atoms with Crippen molar-refractivity contribution in [3.63, 3.8) is 0 Å². The molecule has 0 saturated heterocycles. The summed E-state index contributed by atoms with van der Waals surface area (Å²) in [7, 11) is 0. The van der Waals surface area contributed by atoms with Gasteiger partial charge in [0.25, 0.3) is 0 Å². The van der Waals surface area contributed by atoms with E-state index in [1.54, 1.807) is 6.92 Å². The summed E-state index contributed by atoms with van der Waals surface area (Å²) in [5, 5.41) is 0. The lowest BCUT2D eigenvalue weighted by molar-refractivity contribution is 0.101. The molecule has 1 aromatic carbocycles. The summed E-state index contributed by atoms with van der Waals surface area (Å²) in [5.74, 6) is 0.0494. The van der Waals surface area contributed by atoms with Gasteiger partial charge in [0, 0.05) is 14.9 Å². The minimum absolute atomic E-state index is 0.0494. The Hall–Kier alpha value is -0.720. The third-order valence-electron chi connectivity index (χ3n) is 1.86. The van der Waals surface area contributed by atoms with Gasteiger partial charge in [-0.2, -0.15) is 4.37 Å². The van der Waals surface area contributed by atoms with Crippen LogP contribution in [-0.4, -0.2) is 15.1 Å². The maximum absolute atomic E-state index is 11.5. The van der Waals surface area contributed by atoms with E-state index in [9.17, 15) is 4.79 Å². The molecular formula is C10H7BrN2OS2. The molecule has 16 heavy (non-hydrogen) atoms. The molecule has 0 fully saturated rings. The molecule has 0 aliphatic heterocycles. The van der Waals surface area contributed by atoms with E-state index in [1.807, 2.05) is 18.2 Å². The topological polar surface area (TPSA) is 42.9 Å². The fourth-order valence-electron chi connectivity index (χ4n) is 1.17. The highest BCUT2D eigenvalue weighted by molar-refractivity contribution is 9.10. The van der Waals surface area contributed by atoms with Crippen LogP contribution in [0.3, 0.4) is 0 Å². The van der Waals surface area contributed by atoms with Crippen LogP contribution in [0.15, 0.2) is 38.2 Å². The van der Waals surface area contributed by atoms with Crippen LogP contribution >= 0.6 is 39.2 Å². The highest BCUT2D eigenvalue weighted by Gasteiger charge is 2.10. The average Bonchev–Trinajstić information content (AvgIpc) is 2.73. The quantitative estimate of drug-likeness (QED) is 0.811. The number of aromatic nitrogens is 2. The Morgan fingerprint density at radius 3 is 2.94 bits per heavy atom. The highest BCUT2D eigenvalue weighted by atomic mass is 79.9. The van der Waals surface area contributed by atoms with Gasteiger partial charge in [-0.3, -0.25) is 4.79 Å². The van der Waals surface area contributed by atoms with Gasteiger partial charge in [0.15, 0.2) is 10.1 Å². The number of hydrogen-bond acceptors (Lipinski definition) is 5. The summed E-state index contributed by atoms with van der Waals surface area (Å²) in [6, 6.07) is 5.65. The lowest BCUT2D eigenvalue weighted by Gasteiger charge is -2.04. The number of halogens is 1. The maximum atomic E-state index is 11.5. The van der Waals surface area contributed by atoms with Crippen molar-refractivity contribution in [1.29, 1.82) is 0 Å². The first-order valence-electron chi connectivity index (χ1n) is 4.42. The molecule has 2 aromatic rings. The van der Waals surface area contributed by atoms with Crippen molar-refractivity contribution in [1.82, 2.24) is 9.36 Å². The summed E-state index contributed by atoms with van der Waals surface area (Å²) in [6.45, 7) is 1.56. The number of nitrogens with zero attached hydrogens (tertiary/aromatic N) is 2. The Kier molecular flexibility index (Phi) is 3.73. The van der Waals surface area contributed by atoms with Gasteiger partial charge in [-0.25, -0.2) is 4.98 Å². The minimum atomic E-state index is 0.0494. The van der Waals surface area contributed by atoms with Crippen molar-refractivity contribution < 1.29 is 4.79 Å². The Morgan fingerprint density at radius 2 is 2.31 bits per heavy atom. The summed E-state index contributed by atoms with van der Waals surface area (Å²) in [4.78, 5) is 16.5. The van der Waals surface area contributed by atoms with E-state index in [1.165, 1.54) is 29.6 Å². The van der Waals surface area contributed by atoms with Gasteiger partial charge < -0.3 is 0 Å². The number of Topliss-reactive ketones (excluding diaryl/α,β-unsaturated/α-hetero) is 1. The highest BCUT2D eigenvalue weighted by Crippen LogP contribution is 2.32. The van der Waals surface area contributed by atoms with Crippen LogP contribution in [-0.2, 0) is 0 Å². The van der Waals surface area contributed by atoms with E-state index < -0.39 is 0 Å². The molecule has 0 bridgehead atoms. The zero-order valence-corrected chi connectivity index (χ0v) is 11.5. The number of carbonyl (C=O) groups is 1. The van der Waals surface area contributed by atoms with Crippen molar-refractivity contribution in [2.75, 3.05) is 0 Å². The van der Waals surface area contributed by atoms with Crippen molar-refractivity contribution in [2.45, 2.75) is 16.2 Å². The number of carbonyl (C=O) groups excluding carboxylic acids is 1. The molecule has 0 aliphatic rings. The first kappa shape index (κ1) is 11.8. The van der Waals surface area contributed by atoms with E-state index in [0.29, 0.717) is 5.56 Å². The van der Waals surface area contributed by atoms with Crippen LogP contribution < -0.4 is 0 Å². The molecule has 0 atom stereocenters. The molecule has 0 N–H and O–H groups in total. The van der Waals surface area contributed by atoms with Gasteiger partial charge in [-0.05, 0) is 36.7 Å². The van der Waals surface area contributed by atoms with Crippen molar-refractivity contribution in [3.05, 3.63) is 34.6 Å². The number of ketones is 1. The Bertz CT molecular complexity index is 514. The smallest absolute Gasteiger partial charge is 0.174 e. The molecular weight excluding hydrogens is 308 g/mol. The van der Waals surface area contributed by atoms with Crippen molar-refractivity contribution in [3.8, 4) is 0 Å². The van der Waals surface area contributed by atoms with Crippen LogP contribution in [0.5, 0.6) is 0 Å². The second kappa shape index (κ2) is 5.07. The third-order valence-corrected chi connectivity index (χ3v) is 4.14. The second-order valence-corrected chi connectivity index (χ2v) is 5.99. The number of rotatable bonds is 3. The Labute approximate surface area is 110 Å². The zero-order chi connectivity index (χ0) is 11.5. The molecule has 6 heteroatoms. The standard InChI is InChI=1S/C10H7BrN2OS2/c1-6(14)8-4-7(11)2-3-9(8)15-10-12-5-13-16-10/h2-5H,1H3. The molecule has 0 unspecified atom stereocenters. The second-order valence-electron chi connectivity index (χ2n) is 3.01. The normalized spacial score (nSPS) is 10.4. The molecule has 2 rings (SSSR count). The van der Waals surface area contributed by atoms with Gasteiger partial charge >= 0.3 is 0 Å². The fraction of sp³-hybridized carbons (Fsp3) is 0.100. The number of benzene rings is 1. The fourth-order valence-corrected chi connectivity index (χ4v) is 3.09. The molecule has 82 valence electrons. The van der Waals surface area contributed by atoms with Gasteiger partial charge in [-0.1, -0.05) is 27.7 Å². The van der Waals surface area contributed by atoms with Crippen LogP contribution in [0.2, 0.25) is 0 Å². The predicted molar refractivity (Wildman–Crippen MR) is 68.2 cm³/mol. The first-order valence-corrected chi connectivity index (χ1v) is 6.80. The van der Waals surface area contributed by atoms with E-state index in [2.05, 4.69) is 25.3 Å². The summed E-state index contributed by atoms with van der Waals surface area (Å²) < 4.78 is 5.67. The monoisotopic (exact) mass is 314 g/mol. The first-order chi connectivity index (χ1) is 7.66. The van der Waals surface area contributed by atoms with Crippen LogP contribution in [0.1, 0.15) is 17.3 Å². The average molecular weight is 315 g/mol. The van der Waals surface area contributed by atoms with E-state index in [4.69, 9.17) is 0 Å². The molecule has 0 spiro atoms. The van der Waals surface area contributed by atoms with Gasteiger partial charge in [-0.15, -0.1) is 0 Å².